The third kappa shape index (κ3) is 5.44. The highest BCUT2D eigenvalue weighted by molar-refractivity contribution is 7.89. The zero-order valence-corrected chi connectivity index (χ0v) is 23.6. The Hall–Kier alpha value is -3.08. The van der Waals surface area contributed by atoms with Gasteiger partial charge in [0, 0.05) is 57.6 Å². The topological polar surface area (TPSA) is 121 Å². The molecule has 0 radical (unpaired) electrons. The molecule has 0 aromatic heterocycles. The predicted octanol–water partition coefficient (Wildman–Crippen LogP) is 2.09. The molecule has 2 aromatic rings. The van der Waals surface area contributed by atoms with Crippen LogP contribution >= 0.6 is 0 Å². The number of amides is 1. The van der Waals surface area contributed by atoms with Crippen LogP contribution in [0.25, 0.3) is 0 Å². The summed E-state index contributed by atoms with van der Waals surface area (Å²) in [6.45, 7) is 2.49. The minimum Gasteiger partial charge on any atom is -0.368 e. The number of sulfonamides is 1. The van der Waals surface area contributed by atoms with Gasteiger partial charge in [-0.05, 0) is 49.6 Å². The lowest BCUT2D eigenvalue weighted by atomic mass is 9.81. The Labute approximate surface area is 235 Å². The van der Waals surface area contributed by atoms with E-state index in [0.717, 1.165) is 6.42 Å². The van der Waals surface area contributed by atoms with Crippen molar-refractivity contribution in [2.45, 2.75) is 54.9 Å². The van der Waals surface area contributed by atoms with Crippen molar-refractivity contribution >= 4 is 21.6 Å². The van der Waals surface area contributed by atoms with Crippen LogP contribution in [0.15, 0.2) is 53.4 Å². The first-order valence-electron chi connectivity index (χ1n) is 13.6. The Balaban J connectivity index is 1.34. The SMILES string of the molecule is CN(C)S(=O)(=O)c1ccc(NC2NN(C3(CC#N)CCN(Cc4ccccc4F)CC3)C3CCNC(=O)C23)cc1. The van der Waals surface area contributed by atoms with E-state index in [-0.39, 0.29) is 22.7 Å². The van der Waals surface area contributed by atoms with Gasteiger partial charge < -0.3 is 10.6 Å². The molecular weight excluding hydrogens is 533 g/mol. The first-order chi connectivity index (χ1) is 19.1. The summed E-state index contributed by atoms with van der Waals surface area (Å²) in [5.41, 5.74) is 4.42. The predicted molar refractivity (Wildman–Crippen MR) is 148 cm³/mol. The standard InChI is InChI=1S/C28H36FN7O3S/c1-34(2)40(38,39)22-9-7-21(8-10-22)32-26-25-24(11-16-31-27(25)37)36(33-26)28(12-15-30)13-17-35(18-14-28)19-20-5-3-4-6-23(20)29/h3-10,24-26,32-33H,11-14,16-19H2,1-2H3,(H,31,37). The molecule has 3 N–H and O–H groups in total. The van der Waals surface area contributed by atoms with Crippen molar-refractivity contribution in [2.24, 2.45) is 5.92 Å². The highest BCUT2D eigenvalue weighted by atomic mass is 32.2. The number of benzene rings is 2. The van der Waals surface area contributed by atoms with Crippen molar-refractivity contribution in [3.05, 3.63) is 59.9 Å². The number of hydrogen-bond donors (Lipinski definition) is 3. The van der Waals surface area contributed by atoms with Gasteiger partial charge in [-0.2, -0.15) is 5.26 Å². The van der Waals surface area contributed by atoms with Gasteiger partial charge in [-0.3, -0.25) is 9.69 Å². The van der Waals surface area contributed by atoms with Gasteiger partial charge in [0.1, 0.15) is 12.0 Å². The average Bonchev–Trinajstić information content (AvgIpc) is 3.31. The number of nitrogens with one attached hydrogen (secondary N) is 3. The smallest absolute Gasteiger partial charge is 0.242 e. The van der Waals surface area contributed by atoms with Crippen molar-refractivity contribution in [2.75, 3.05) is 39.0 Å². The van der Waals surface area contributed by atoms with Crippen molar-refractivity contribution in [1.29, 1.82) is 5.26 Å². The van der Waals surface area contributed by atoms with Crippen LogP contribution in [0.1, 0.15) is 31.2 Å². The summed E-state index contributed by atoms with van der Waals surface area (Å²) in [6.07, 6.45) is 2.03. The molecule has 0 saturated carbocycles. The number of piperidine rings is 2. The molecule has 3 aliphatic heterocycles. The second-order valence-corrected chi connectivity index (χ2v) is 13.2. The number of hydrazine groups is 1. The number of anilines is 1. The van der Waals surface area contributed by atoms with Crippen LogP contribution in [0.3, 0.4) is 0 Å². The highest BCUT2D eigenvalue weighted by Crippen LogP contribution is 2.40. The number of likely N-dealkylation sites (tertiary alicyclic amines) is 1. The van der Waals surface area contributed by atoms with Crippen LogP contribution < -0.4 is 16.1 Å². The van der Waals surface area contributed by atoms with E-state index in [2.05, 4.69) is 32.0 Å². The van der Waals surface area contributed by atoms with Gasteiger partial charge in [0.2, 0.25) is 15.9 Å². The summed E-state index contributed by atoms with van der Waals surface area (Å²) < 4.78 is 40.3. The maximum atomic E-state index is 14.3. The molecule has 5 rings (SSSR count). The molecule has 12 heteroatoms. The van der Waals surface area contributed by atoms with Gasteiger partial charge in [-0.15, -0.1) is 0 Å². The van der Waals surface area contributed by atoms with Crippen LogP contribution in [0, 0.1) is 23.1 Å². The molecule has 3 heterocycles. The second kappa shape index (κ2) is 11.4. The van der Waals surface area contributed by atoms with E-state index < -0.39 is 27.6 Å². The van der Waals surface area contributed by atoms with E-state index in [9.17, 15) is 22.9 Å². The normalized spacial score (nSPS) is 25.3. The molecule has 214 valence electrons. The van der Waals surface area contributed by atoms with Gasteiger partial charge in [0.15, 0.2) is 0 Å². The monoisotopic (exact) mass is 569 g/mol. The molecule has 3 fully saturated rings. The molecular formula is C28H36FN7O3S. The molecule has 1 amide bonds. The van der Waals surface area contributed by atoms with Crippen LogP contribution in [-0.4, -0.2) is 80.0 Å². The maximum Gasteiger partial charge on any atom is 0.242 e. The molecule has 40 heavy (non-hydrogen) atoms. The van der Waals surface area contributed by atoms with Crippen LogP contribution in [-0.2, 0) is 21.4 Å². The number of rotatable bonds is 8. The minimum atomic E-state index is -3.55. The summed E-state index contributed by atoms with van der Waals surface area (Å²) in [6, 6.07) is 15.6. The minimum absolute atomic E-state index is 0.0559. The summed E-state index contributed by atoms with van der Waals surface area (Å²) in [4.78, 5) is 15.5. The fourth-order valence-corrected chi connectivity index (χ4v) is 7.08. The largest absolute Gasteiger partial charge is 0.368 e. The lowest BCUT2D eigenvalue weighted by Crippen LogP contribution is -2.62. The molecule has 3 aliphatic rings. The molecule has 10 nitrogen and oxygen atoms in total. The van der Waals surface area contributed by atoms with E-state index >= 15 is 0 Å². The van der Waals surface area contributed by atoms with Crippen LogP contribution in [0.4, 0.5) is 10.1 Å². The van der Waals surface area contributed by atoms with Gasteiger partial charge >= 0.3 is 0 Å². The van der Waals surface area contributed by atoms with Crippen molar-refractivity contribution in [3.8, 4) is 6.07 Å². The van der Waals surface area contributed by atoms with Gasteiger partial charge in [0.25, 0.3) is 0 Å². The zero-order valence-electron chi connectivity index (χ0n) is 22.8. The lowest BCUT2D eigenvalue weighted by molar-refractivity contribution is -0.128. The second-order valence-electron chi connectivity index (χ2n) is 11.0. The third-order valence-corrected chi connectivity index (χ3v) is 10.3. The van der Waals surface area contributed by atoms with Crippen molar-refractivity contribution in [1.82, 2.24) is 25.0 Å². The lowest BCUT2D eigenvalue weighted by Gasteiger charge is -2.49. The Morgan fingerprint density at radius 1 is 1.15 bits per heavy atom. The van der Waals surface area contributed by atoms with Crippen molar-refractivity contribution < 1.29 is 17.6 Å². The highest BCUT2D eigenvalue weighted by Gasteiger charge is 2.54. The number of nitriles is 1. The molecule has 3 unspecified atom stereocenters. The van der Waals surface area contributed by atoms with E-state index in [4.69, 9.17) is 0 Å². The van der Waals surface area contributed by atoms with E-state index in [1.165, 1.54) is 24.5 Å². The van der Waals surface area contributed by atoms with Gasteiger partial charge in [0.05, 0.1) is 28.8 Å². The summed E-state index contributed by atoms with van der Waals surface area (Å²) in [5, 5.41) is 18.4. The number of hydrogen-bond acceptors (Lipinski definition) is 8. The van der Waals surface area contributed by atoms with E-state index in [1.807, 2.05) is 6.07 Å². The number of carbonyl (C=O) groups is 1. The van der Waals surface area contributed by atoms with E-state index in [1.54, 1.807) is 36.4 Å². The first-order valence-corrected chi connectivity index (χ1v) is 15.0. The van der Waals surface area contributed by atoms with Crippen LogP contribution in [0.5, 0.6) is 0 Å². The third-order valence-electron chi connectivity index (χ3n) is 8.44. The zero-order chi connectivity index (χ0) is 28.5. The summed E-state index contributed by atoms with van der Waals surface area (Å²) in [5.74, 6) is -0.666. The number of halogens is 1. The Kier molecular flexibility index (Phi) is 8.13. The first kappa shape index (κ1) is 28.4. The maximum absolute atomic E-state index is 14.3. The Morgan fingerprint density at radius 2 is 1.85 bits per heavy atom. The fourth-order valence-electron chi connectivity index (χ4n) is 6.17. The van der Waals surface area contributed by atoms with Crippen LogP contribution in [0.2, 0.25) is 0 Å². The quantitative estimate of drug-likeness (QED) is 0.442. The molecule has 2 aromatic carbocycles. The van der Waals surface area contributed by atoms with Gasteiger partial charge in [-0.1, -0.05) is 18.2 Å². The molecule has 0 bridgehead atoms. The number of carbonyl (C=O) groups excluding carboxylic acids is 1. The van der Waals surface area contributed by atoms with Crippen molar-refractivity contribution in [3.63, 3.8) is 0 Å². The summed E-state index contributed by atoms with van der Waals surface area (Å²) in [7, 11) is -0.575. The number of fused-ring (bicyclic) bond motifs is 1. The molecule has 3 saturated heterocycles. The Bertz CT molecular complexity index is 1370. The van der Waals surface area contributed by atoms with E-state index in [0.29, 0.717) is 56.7 Å². The summed E-state index contributed by atoms with van der Waals surface area (Å²) >= 11 is 0. The fraction of sp³-hybridized carbons (Fsp3) is 0.500. The van der Waals surface area contributed by atoms with Gasteiger partial charge in [-0.25, -0.2) is 27.5 Å². The Morgan fingerprint density at radius 3 is 2.50 bits per heavy atom. The molecule has 3 atom stereocenters. The molecule has 0 aliphatic carbocycles. The number of nitrogens with zero attached hydrogens (tertiary/aromatic N) is 4. The molecule has 0 spiro atoms. The average molecular weight is 570 g/mol.